The second-order valence-electron chi connectivity index (χ2n) is 4.51. The molecule has 1 aromatic carbocycles. The van der Waals surface area contributed by atoms with Gasteiger partial charge in [0.2, 0.25) is 11.6 Å². The molecule has 6 nitrogen and oxygen atoms in total. The fourth-order valence-electron chi connectivity index (χ4n) is 1.56. The molecule has 0 saturated carbocycles. The van der Waals surface area contributed by atoms with Crippen molar-refractivity contribution in [2.75, 3.05) is 0 Å². The van der Waals surface area contributed by atoms with Gasteiger partial charge < -0.3 is 4.74 Å². The smallest absolute Gasteiger partial charge is 0.314 e. The number of aromatic nitrogens is 2. The summed E-state index contributed by atoms with van der Waals surface area (Å²) in [5.41, 5.74) is -0.462. The largest absolute Gasteiger partial charge is 0.432 e. The highest BCUT2D eigenvalue weighted by molar-refractivity contribution is 9.10. The summed E-state index contributed by atoms with van der Waals surface area (Å²) in [5, 5.41) is 10.9. The molecule has 0 N–H and O–H groups in total. The third-order valence-corrected chi connectivity index (χ3v) is 2.94. The number of nitrogens with zero attached hydrogens (tertiary/aromatic N) is 3. The predicted octanol–water partition coefficient (Wildman–Crippen LogP) is 4.20. The van der Waals surface area contributed by atoms with Crippen molar-refractivity contribution in [2.24, 2.45) is 0 Å². The van der Waals surface area contributed by atoms with Crippen LogP contribution >= 0.6 is 15.9 Å². The molecule has 2 rings (SSSR count). The minimum Gasteiger partial charge on any atom is -0.432 e. The molecule has 0 aliphatic heterocycles. The Hall–Kier alpha value is -2.09. The van der Waals surface area contributed by atoms with Crippen molar-refractivity contribution in [3.05, 3.63) is 50.6 Å². The zero-order chi connectivity index (χ0) is 15.6. The van der Waals surface area contributed by atoms with Gasteiger partial charge in [0.05, 0.1) is 11.0 Å². The van der Waals surface area contributed by atoms with Crippen molar-refractivity contribution in [2.45, 2.75) is 19.8 Å². The topological polar surface area (TPSA) is 78.2 Å². The minimum atomic E-state index is -0.710. The second-order valence-corrected chi connectivity index (χ2v) is 5.33. The van der Waals surface area contributed by atoms with E-state index in [1.165, 1.54) is 12.1 Å². The third kappa shape index (κ3) is 3.72. The van der Waals surface area contributed by atoms with Crippen LogP contribution in [0.4, 0.5) is 10.1 Å². The van der Waals surface area contributed by atoms with Gasteiger partial charge in [-0.15, -0.1) is 0 Å². The lowest BCUT2D eigenvalue weighted by molar-refractivity contribution is -0.385. The van der Waals surface area contributed by atoms with Crippen molar-refractivity contribution < 1.29 is 14.1 Å². The fourth-order valence-corrected chi connectivity index (χ4v) is 1.93. The average Bonchev–Trinajstić information content (AvgIpc) is 2.40. The van der Waals surface area contributed by atoms with Gasteiger partial charge >= 0.3 is 5.69 Å². The summed E-state index contributed by atoms with van der Waals surface area (Å²) >= 11 is 3.23. The number of nitro groups is 1. The number of benzene rings is 1. The quantitative estimate of drug-likeness (QED) is 0.466. The number of rotatable bonds is 4. The first-order valence-corrected chi connectivity index (χ1v) is 6.82. The first kappa shape index (κ1) is 15.3. The fraction of sp³-hybridized carbons (Fsp3) is 0.231. The van der Waals surface area contributed by atoms with Crippen LogP contribution in [0.25, 0.3) is 0 Å². The molecule has 110 valence electrons. The number of hydrogen-bond donors (Lipinski definition) is 0. The highest BCUT2D eigenvalue weighted by Gasteiger charge is 2.18. The Kier molecular flexibility index (Phi) is 4.46. The SMILES string of the molecule is CC(C)c1nc(Br)cc(Oc2ccc(F)cc2[N+](=O)[O-])n1. The van der Waals surface area contributed by atoms with E-state index in [4.69, 9.17) is 4.74 Å². The normalized spacial score (nSPS) is 10.7. The van der Waals surface area contributed by atoms with E-state index in [1.807, 2.05) is 13.8 Å². The van der Waals surface area contributed by atoms with Gasteiger partial charge in [-0.2, -0.15) is 4.98 Å². The summed E-state index contributed by atoms with van der Waals surface area (Å²) in [6, 6.07) is 4.56. The van der Waals surface area contributed by atoms with Gasteiger partial charge in [-0.25, -0.2) is 9.37 Å². The maximum atomic E-state index is 13.1. The summed E-state index contributed by atoms with van der Waals surface area (Å²) in [6.07, 6.45) is 0. The molecule has 2 aromatic rings. The summed E-state index contributed by atoms with van der Waals surface area (Å²) in [4.78, 5) is 18.6. The minimum absolute atomic E-state index is 0.0630. The predicted molar refractivity (Wildman–Crippen MR) is 76.9 cm³/mol. The molecule has 0 aliphatic carbocycles. The van der Waals surface area contributed by atoms with E-state index in [2.05, 4.69) is 25.9 Å². The van der Waals surface area contributed by atoms with Crippen LogP contribution in [0.5, 0.6) is 11.6 Å². The van der Waals surface area contributed by atoms with E-state index < -0.39 is 16.4 Å². The van der Waals surface area contributed by atoms with Crippen LogP contribution in [0.3, 0.4) is 0 Å². The van der Waals surface area contributed by atoms with Gasteiger partial charge in [0.15, 0.2) is 0 Å². The third-order valence-electron chi connectivity index (χ3n) is 2.54. The summed E-state index contributed by atoms with van der Waals surface area (Å²) < 4.78 is 19.0. The summed E-state index contributed by atoms with van der Waals surface area (Å²) in [7, 11) is 0. The molecule has 8 heteroatoms. The Morgan fingerprint density at radius 3 is 2.67 bits per heavy atom. The van der Waals surface area contributed by atoms with Crippen LogP contribution in [0, 0.1) is 15.9 Å². The lowest BCUT2D eigenvalue weighted by Crippen LogP contribution is -2.01. The van der Waals surface area contributed by atoms with Crippen molar-refractivity contribution in [1.29, 1.82) is 0 Å². The number of hydrogen-bond acceptors (Lipinski definition) is 5. The van der Waals surface area contributed by atoms with E-state index in [1.54, 1.807) is 0 Å². The highest BCUT2D eigenvalue weighted by Crippen LogP contribution is 2.32. The number of nitro benzene ring substituents is 1. The van der Waals surface area contributed by atoms with Crippen LogP contribution < -0.4 is 4.74 Å². The molecule has 0 spiro atoms. The molecule has 0 saturated heterocycles. The standard InChI is InChI=1S/C13H11BrFN3O3/c1-7(2)13-16-11(14)6-12(17-13)21-10-4-3-8(15)5-9(10)18(19)20/h3-7H,1-2H3. The number of ether oxygens (including phenoxy) is 1. The monoisotopic (exact) mass is 355 g/mol. The molecule has 0 bridgehead atoms. The first-order valence-electron chi connectivity index (χ1n) is 6.03. The highest BCUT2D eigenvalue weighted by atomic mass is 79.9. The molecular formula is C13H11BrFN3O3. The van der Waals surface area contributed by atoms with Gasteiger partial charge in [-0.1, -0.05) is 13.8 Å². The molecule has 0 atom stereocenters. The van der Waals surface area contributed by atoms with E-state index in [0.717, 1.165) is 12.1 Å². The van der Waals surface area contributed by atoms with E-state index >= 15 is 0 Å². The maximum Gasteiger partial charge on any atom is 0.314 e. The molecule has 21 heavy (non-hydrogen) atoms. The van der Waals surface area contributed by atoms with E-state index in [-0.39, 0.29) is 17.5 Å². The van der Waals surface area contributed by atoms with Crippen LogP contribution in [-0.2, 0) is 0 Å². The zero-order valence-electron chi connectivity index (χ0n) is 11.2. The Balaban J connectivity index is 2.41. The number of halogens is 2. The Morgan fingerprint density at radius 1 is 1.33 bits per heavy atom. The lowest BCUT2D eigenvalue weighted by Gasteiger charge is -2.09. The molecule has 0 amide bonds. The molecule has 0 unspecified atom stereocenters. The Labute approximate surface area is 128 Å². The van der Waals surface area contributed by atoms with Crippen LogP contribution in [0.2, 0.25) is 0 Å². The van der Waals surface area contributed by atoms with Crippen molar-refractivity contribution in [1.82, 2.24) is 9.97 Å². The second kappa shape index (κ2) is 6.13. The molecule has 1 heterocycles. The average molecular weight is 356 g/mol. The molecule has 1 aromatic heterocycles. The van der Waals surface area contributed by atoms with Crippen LogP contribution in [0.1, 0.15) is 25.6 Å². The van der Waals surface area contributed by atoms with Crippen LogP contribution in [-0.4, -0.2) is 14.9 Å². The molecule has 0 fully saturated rings. The Morgan fingerprint density at radius 2 is 2.05 bits per heavy atom. The van der Waals surface area contributed by atoms with Gasteiger partial charge in [0.1, 0.15) is 16.2 Å². The molecular weight excluding hydrogens is 345 g/mol. The van der Waals surface area contributed by atoms with Crippen molar-refractivity contribution >= 4 is 21.6 Å². The van der Waals surface area contributed by atoms with E-state index in [0.29, 0.717) is 10.4 Å². The zero-order valence-corrected chi connectivity index (χ0v) is 12.8. The lowest BCUT2D eigenvalue weighted by atomic mass is 10.2. The maximum absolute atomic E-state index is 13.1. The first-order chi connectivity index (χ1) is 9.86. The van der Waals surface area contributed by atoms with E-state index in [9.17, 15) is 14.5 Å². The van der Waals surface area contributed by atoms with Crippen LogP contribution in [0.15, 0.2) is 28.9 Å². The van der Waals surface area contributed by atoms with Gasteiger partial charge in [0, 0.05) is 12.0 Å². The van der Waals surface area contributed by atoms with Gasteiger partial charge in [0.25, 0.3) is 0 Å². The Bertz CT molecular complexity index is 694. The van der Waals surface area contributed by atoms with Gasteiger partial charge in [-0.3, -0.25) is 10.1 Å². The van der Waals surface area contributed by atoms with Crippen molar-refractivity contribution in [3.8, 4) is 11.6 Å². The van der Waals surface area contributed by atoms with Gasteiger partial charge in [-0.05, 0) is 28.1 Å². The summed E-state index contributed by atoms with van der Waals surface area (Å²) in [5.74, 6) is -0.0463. The molecule has 0 radical (unpaired) electrons. The molecule has 0 aliphatic rings. The van der Waals surface area contributed by atoms with Crippen molar-refractivity contribution in [3.63, 3.8) is 0 Å². The summed E-state index contributed by atoms with van der Waals surface area (Å²) in [6.45, 7) is 3.82.